The van der Waals surface area contributed by atoms with Crippen LogP contribution < -0.4 is 0 Å². The summed E-state index contributed by atoms with van der Waals surface area (Å²) in [5.41, 5.74) is 1.79. The summed E-state index contributed by atoms with van der Waals surface area (Å²) in [6.07, 6.45) is 0. The van der Waals surface area contributed by atoms with Crippen molar-refractivity contribution in [3.63, 3.8) is 0 Å². The predicted octanol–water partition coefficient (Wildman–Crippen LogP) is 4.54. The van der Waals surface area contributed by atoms with Crippen LogP contribution in [0.3, 0.4) is 0 Å². The van der Waals surface area contributed by atoms with Gasteiger partial charge in [-0.3, -0.25) is 0 Å². The maximum atomic E-state index is 5.81. The Morgan fingerprint density at radius 3 is 2.61 bits per heavy atom. The maximum Gasteiger partial charge on any atom is 0.226 e. The monoisotopic (exact) mass is 257 g/mol. The zero-order valence-corrected chi connectivity index (χ0v) is 10.7. The van der Waals surface area contributed by atoms with E-state index < -0.39 is 0 Å². The third-order valence-corrected chi connectivity index (χ3v) is 3.27. The topological polar surface area (TPSA) is 26.0 Å². The Morgan fingerprint density at radius 1 is 1.11 bits per heavy atom. The van der Waals surface area contributed by atoms with E-state index in [0.29, 0.717) is 11.8 Å². The van der Waals surface area contributed by atoms with Crippen molar-refractivity contribution in [1.82, 2.24) is 4.98 Å². The van der Waals surface area contributed by atoms with Gasteiger partial charge in [-0.1, -0.05) is 30.3 Å². The number of nitrogens with zero attached hydrogens (tertiary/aromatic N) is 1. The van der Waals surface area contributed by atoms with Gasteiger partial charge in [0.2, 0.25) is 5.89 Å². The van der Waals surface area contributed by atoms with E-state index in [2.05, 4.69) is 29.2 Å². The van der Waals surface area contributed by atoms with Gasteiger partial charge < -0.3 is 4.42 Å². The molecule has 0 N–H and O–H groups in total. The zero-order chi connectivity index (χ0) is 12.5. The highest BCUT2D eigenvalue weighted by molar-refractivity contribution is 6.17. The van der Waals surface area contributed by atoms with Crippen molar-refractivity contribution in [3.05, 3.63) is 53.9 Å². The van der Waals surface area contributed by atoms with E-state index in [4.69, 9.17) is 16.0 Å². The number of oxazole rings is 1. The summed E-state index contributed by atoms with van der Waals surface area (Å²) < 4.78 is 5.64. The first kappa shape index (κ1) is 11.3. The molecule has 2 aromatic carbocycles. The molecule has 0 saturated heterocycles. The molecule has 90 valence electrons. The summed E-state index contributed by atoms with van der Waals surface area (Å²) in [6, 6.07) is 14.4. The molecule has 0 unspecified atom stereocenters. The van der Waals surface area contributed by atoms with Gasteiger partial charge in [-0.25, -0.2) is 4.98 Å². The second kappa shape index (κ2) is 4.46. The Balaban J connectivity index is 2.13. The molecule has 0 amide bonds. The Labute approximate surface area is 110 Å². The van der Waals surface area contributed by atoms with E-state index in [9.17, 15) is 0 Å². The smallest absolute Gasteiger partial charge is 0.226 e. The van der Waals surface area contributed by atoms with Crippen molar-refractivity contribution in [2.45, 2.75) is 12.8 Å². The molecule has 0 aliphatic rings. The average Bonchev–Trinajstić information content (AvgIpc) is 2.79. The summed E-state index contributed by atoms with van der Waals surface area (Å²) in [6.45, 7) is 1.88. The van der Waals surface area contributed by atoms with Gasteiger partial charge in [-0.05, 0) is 29.8 Å². The first-order valence-electron chi connectivity index (χ1n) is 5.79. The Bertz CT molecular complexity index is 703. The molecule has 0 saturated carbocycles. The van der Waals surface area contributed by atoms with E-state index in [0.717, 1.165) is 17.0 Å². The van der Waals surface area contributed by atoms with Crippen molar-refractivity contribution in [2.75, 3.05) is 0 Å². The van der Waals surface area contributed by atoms with Crippen LogP contribution in [0.5, 0.6) is 0 Å². The summed E-state index contributed by atoms with van der Waals surface area (Å²) in [4.78, 5) is 4.41. The number of alkyl halides is 1. The number of hydrogen-bond acceptors (Lipinski definition) is 2. The lowest BCUT2D eigenvalue weighted by Crippen LogP contribution is -1.81. The highest BCUT2D eigenvalue weighted by Crippen LogP contribution is 2.26. The zero-order valence-electron chi connectivity index (χ0n) is 9.98. The second-order valence-electron chi connectivity index (χ2n) is 4.22. The third-order valence-electron chi connectivity index (χ3n) is 3.02. The lowest BCUT2D eigenvalue weighted by Gasteiger charge is -1.99. The van der Waals surface area contributed by atoms with E-state index in [-0.39, 0.29) is 0 Å². The number of rotatable bonds is 2. The van der Waals surface area contributed by atoms with Crippen LogP contribution in [-0.2, 0) is 5.88 Å². The van der Waals surface area contributed by atoms with Crippen molar-refractivity contribution < 1.29 is 4.42 Å². The number of halogens is 1. The van der Waals surface area contributed by atoms with Crippen LogP contribution in [-0.4, -0.2) is 4.98 Å². The minimum absolute atomic E-state index is 0.378. The first-order chi connectivity index (χ1) is 8.78. The number of benzene rings is 2. The molecule has 0 spiro atoms. The molecular weight excluding hydrogens is 246 g/mol. The fourth-order valence-electron chi connectivity index (χ4n) is 2.00. The van der Waals surface area contributed by atoms with Crippen molar-refractivity contribution in [3.8, 4) is 11.5 Å². The Kier molecular flexibility index (Phi) is 2.80. The lowest BCUT2D eigenvalue weighted by molar-refractivity contribution is 0.540. The number of fused-ring (bicyclic) bond motifs is 1. The average molecular weight is 258 g/mol. The minimum atomic E-state index is 0.378. The highest BCUT2D eigenvalue weighted by Gasteiger charge is 2.10. The van der Waals surface area contributed by atoms with Crippen LogP contribution >= 0.6 is 11.6 Å². The summed E-state index contributed by atoms with van der Waals surface area (Å²) in [5.74, 6) is 1.80. The van der Waals surface area contributed by atoms with Gasteiger partial charge in [-0.2, -0.15) is 0 Å². The van der Waals surface area contributed by atoms with Crippen LogP contribution in [0, 0.1) is 6.92 Å². The van der Waals surface area contributed by atoms with Crippen LogP contribution in [0.2, 0.25) is 0 Å². The molecule has 0 atom stereocenters. The molecule has 3 aromatic rings. The van der Waals surface area contributed by atoms with Crippen molar-refractivity contribution in [2.24, 2.45) is 0 Å². The fourth-order valence-corrected chi connectivity index (χ4v) is 2.25. The molecule has 0 bridgehead atoms. The molecule has 1 aromatic heterocycles. The third kappa shape index (κ3) is 1.89. The SMILES string of the molecule is Cc1oc(-c2ccc3ccccc3c2)nc1CCl. The van der Waals surface area contributed by atoms with Gasteiger partial charge >= 0.3 is 0 Å². The molecule has 0 aliphatic carbocycles. The lowest BCUT2D eigenvalue weighted by atomic mass is 10.1. The quantitative estimate of drug-likeness (QED) is 0.630. The molecule has 0 fully saturated rings. The van der Waals surface area contributed by atoms with Gasteiger partial charge in [0.25, 0.3) is 0 Å². The number of hydrogen-bond donors (Lipinski definition) is 0. The van der Waals surface area contributed by atoms with Gasteiger partial charge in [0.15, 0.2) is 0 Å². The molecule has 0 radical (unpaired) electrons. The Hall–Kier alpha value is -1.80. The van der Waals surface area contributed by atoms with Gasteiger partial charge in [0.05, 0.1) is 11.6 Å². The van der Waals surface area contributed by atoms with Crippen molar-refractivity contribution in [1.29, 1.82) is 0 Å². The molecule has 18 heavy (non-hydrogen) atoms. The molecule has 1 heterocycles. The van der Waals surface area contributed by atoms with Gasteiger partial charge in [0.1, 0.15) is 5.76 Å². The molecule has 2 nitrogen and oxygen atoms in total. The summed E-state index contributed by atoms with van der Waals surface area (Å²) in [5, 5.41) is 2.39. The van der Waals surface area contributed by atoms with Crippen LogP contribution in [0.1, 0.15) is 11.5 Å². The van der Waals surface area contributed by atoms with E-state index >= 15 is 0 Å². The molecule has 3 heteroatoms. The maximum absolute atomic E-state index is 5.81. The molecular formula is C15H12ClNO. The second-order valence-corrected chi connectivity index (χ2v) is 4.48. The van der Waals surface area contributed by atoms with E-state index in [1.54, 1.807) is 0 Å². The highest BCUT2D eigenvalue weighted by atomic mass is 35.5. The van der Waals surface area contributed by atoms with Gasteiger partial charge in [-0.15, -0.1) is 11.6 Å². The summed E-state index contributed by atoms with van der Waals surface area (Å²) in [7, 11) is 0. The molecule has 0 aliphatic heterocycles. The van der Waals surface area contributed by atoms with Crippen molar-refractivity contribution >= 4 is 22.4 Å². The van der Waals surface area contributed by atoms with Crippen LogP contribution in [0.4, 0.5) is 0 Å². The Morgan fingerprint density at radius 2 is 1.89 bits per heavy atom. The van der Waals surface area contributed by atoms with E-state index in [1.807, 2.05) is 25.1 Å². The predicted molar refractivity (Wildman–Crippen MR) is 73.7 cm³/mol. The normalized spacial score (nSPS) is 11.0. The fraction of sp³-hybridized carbons (Fsp3) is 0.133. The molecule has 3 rings (SSSR count). The minimum Gasteiger partial charge on any atom is -0.441 e. The largest absolute Gasteiger partial charge is 0.441 e. The number of aryl methyl sites for hydroxylation is 1. The van der Waals surface area contributed by atoms with Gasteiger partial charge in [0, 0.05) is 5.56 Å². The number of aromatic nitrogens is 1. The van der Waals surface area contributed by atoms with E-state index in [1.165, 1.54) is 10.8 Å². The summed E-state index contributed by atoms with van der Waals surface area (Å²) >= 11 is 5.81. The van der Waals surface area contributed by atoms with Crippen LogP contribution in [0.15, 0.2) is 46.9 Å². The standard InChI is InChI=1S/C15H12ClNO/c1-10-14(9-16)17-15(18-10)13-7-6-11-4-2-3-5-12(11)8-13/h2-8H,9H2,1H3. The van der Waals surface area contributed by atoms with Crippen LogP contribution in [0.25, 0.3) is 22.2 Å². The first-order valence-corrected chi connectivity index (χ1v) is 6.33.